The molecule has 48 heavy (non-hydrogen) atoms. The second-order valence-corrected chi connectivity index (χ2v) is 12.0. The number of nitrogens with zero attached hydrogens (tertiary/aromatic N) is 5. The Kier molecular flexibility index (Phi) is 20.6. The van der Waals surface area contributed by atoms with Crippen LogP contribution in [-0.4, -0.2) is 84.3 Å². The Morgan fingerprint density at radius 2 is 1.54 bits per heavy atom. The number of nitriles is 1. The van der Waals surface area contributed by atoms with Crippen molar-refractivity contribution in [2.75, 3.05) is 77.5 Å². The fraction of sp³-hybridized carbons (Fsp3) is 0.600. The van der Waals surface area contributed by atoms with Crippen molar-refractivity contribution in [3.05, 3.63) is 45.6 Å². The first-order valence-electron chi connectivity index (χ1n) is 16.4. The number of ether oxygens (including phenoxy) is 5. The third kappa shape index (κ3) is 15.9. The molecule has 0 radical (unpaired) electrons. The third-order valence-corrected chi connectivity index (χ3v) is 8.25. The van der Waals surface area contributed by atoms with E-state index in [1.165, 1.54) is 37.5 Å². The number of Topliss-reactive ketones (excluding diaryl/α,β-unsaturated/α-hetero) is 1. The number of rotatable bonds is 26. The van der Waals surface area contributed by atoms with Crippen LogP contribution in [0.15, 0.2) is 28.4 Å². The zero-order valence-corrected chi connectivity index (χ0v) is 29.6. The van der Waals surface area contributed by atoms with Crippen molar-refractivity contribution in [3.63, 3.8) is 0 Å². The molecule has 0 saturated carbocycles. The van der Waals surface area contributed by atoms with Crippen molar-refractivity contribution in [2.45, 2.75) is 66.2 Å². The monoisotopic (exact) mass is 683 g/mol. The molecule has 1 aromatic carbocycles. The number of thiophene rings is 1. The van der Waals surface area contributed by atoms with Gasteiger partial charge in [0, 0.05) is 25.2 Å². The second kappa shape index (κ2) is 24.4. The second-order valence-electron chi connectivity index (χ2n) is 11.0. The molecule has 13 heteroatoms. The highest BCUT2D eigenvalue weighted by Crippen LogP contribution is 2.42. The molecule has 0 saturated heterocycles. The Bertz CT molecular complexity index is 1380. The van der Waals surface area contributed by atoms with Crippen LogP contribution < -0.4 is 4.90 Å². The molecule has 0 N–H and O–H groups in total. The first kappa shape index (κ1) is 40.5. The molecule has 0 bridgehead atoms. The molecule has 2 rings (SSSR count). The quantitative estimate of drug-likeness (QED) is 0.0426. The van der Waals surface area contributed by atoms with E-state index in [2.05, 4.69) is 39.0 Å². The van der Waals surface area contributed by atoms with Crippen LogP contribution in [0.3, 0.4) is 0 Å². The number of benzene rings is 1. The predicted octanol–water partition coefficient (Wildman–Crippen LogP) is 7.57. The van der Waals surface area contributed by atoms with Gasteiger partial charge in [-0.3, -0.25) is 4.79 Å². The normalized spacial score (nSPS) is 11.0. The van der Waals surface area contributed by atoms with Crippen LogP contribution in [0.5, 0.6) is 0 Å². The van der Waals surface area contributed by atoms with Crippen LogP contribution in [0.2, 0.25) is 0 Å². The van der Waals surface area contributed by atoms with Gasteiger partial charge in [0.15, 0.2) is 0 Å². The molecule has 0 fully saturated rings. The highest BCUT2D eigenvalue weighted by atomic mass is 32.1. The van der Waals surface area contributed by atoms with E-state index in [1.54, 1.807) is 6.92 Å². The van der Waals surface area contributed by atoms with Crippen molar-refractivity contribution >= 4 is 45.2 Å². The van der Waals surface area contributed by atoms with Crippen LogP contribution in [0.25, 0.3) is 4.85 Å². The average molecular weight is 684 g/mol. The lowest BCUT2D eigenvalue weighted by Gasteiger charge is -2.25. The summed E-state index contributed by atoms with van der Waals surface area (Å²) in [6.07, 6.45) is 4.95. The largest absolute Gasteiger partial charge is 0.463 e. The van der Waals surface area contributed by atoms with Gasteiger partial charge in [-0.2, -0.15) is 15.5 Å². The Hall–Kier alpha value is -3.72. The van der Waals surface area contributed by atoms with E-state index < -0.39 is 5.97 Å². The summed E-state index contributed by atoms with van der Waals surface area (Å²) in [7, 11) is 0. The lowest BCUT2D eigenvalue weighted by atomic mass is 10.1. The maximum absolute atomic E-state index is 11.4. The lowest BCUT2D eigenvalue weighted by molar-refractivity contribution is -0.146. The lowest BCUT2D eigenvalue weighted by Crippen LogP contribution is -2.29. The maximum atomic E-state index is 11.4. The highest BCUT2D eigenvalue weighted by molar-refractivity contribution is 7.17. The van der Waals surface area contributed by atoms with Gasteiger partial charge in [-0.25, -0.2) is 4.85 Å². The third-order valence-electron chi connectivity index (χ3n) is 7.18. The fourth-order valence-electron chi connectivity index (χ4n) is 4.44. The molecule has 0 spiro atoms. The predicted molar refractivity (Wildman–Crippen MR) is 186 cm³/mol. The minimum Gasteiger partial charge on any atom is -0.463 e. The van der Waals surface area contributed by atoms with Crippen molar-refractivity contribution in [1.29, 1.82) is 5.26 Å². The van der Waals surface area contributed by atoms with Crippen LogP contribution >= 0.6 is 11.3 Å². The first-order valence-corrected chi connectivity index (χ1v) is 17.3. The fourth-order valence-corrected chi connectivity index (χ4v) is 5.31. The van der Waals surface area contributed by atoms with Crippen LogP contribution in [0.1, 0.15) is 68.4 Å². The van der Waals surface area contributed by atoms with Gasteiger partial charge >= 0.3 is 5.97 Å². The topological polar surface area (TPSA) is 136 Å². The van der Waals surface area contributed by atoms with Gasteiger partial charge in [-0.15, -0.1) is 11.3 Å². The van der Waals surface area contributed by atoms with Gasteiger partial charge in [0.1, 0.15) is 23.5 Å². The van der Waals surface area contributed by atoms with Gasteiger partial charge in [0.25, 0.3) is 0 Å². The first-order chi connectivity index (χ1) is 23.3. The minimum atomic E-state index is -0.396. The number of aryl methyl sites for hydroxylation is 1. The Balaban J connectivity index is 1.68. The van der Waals surface area contributed by atoms with E-state index in [4.69, 9.17) is 30.3 Å². The standard InChI is InChI=1S/C35H49N5O7S/c1-6-7-8-9-14-40(30-11-12-31(27(2)25-30)38-39-35-34(37-5)29(4)32(26-36)48-35)15-16-43-17-18-44-19-20-45-21-22-46-23-24-47-33(42)13-10-28(3)41/h11-12,25H,6-10,13-24H2,1-4H3. The SMILES string of the molecule is [C-]#[N+]c1c(N=Nc2ccc(N(CCCCCC)CCOCCOCCOCCOCCOC(=O)CCC(C)=O)cc2C)sc(C#N)c1C. The number of unbranched alkanes of at least 4 members (excludes halogenated alkanes) is 3. The summed E-state index contributed by atoms with van der Waals surface area (Å²) in [6.45, 7) is 20.2. The molecule has 0 atom stereocenters. The molecule has 2 aromatic rings. The number of azo groups is 1. The van der Waals surface area contributed by atoms with Crippen molar-refractivity contribution in [1.82, 2.24) is 0 Å². The Morgan fingerprint density at radius 1 is 0.896 bits per heavy atom. The molecule has 0 aliphatic carbocycles. The average Bonchev–Trinajstić information content (AvgIpc) is 3.39. The summed E-state index contributed by atoms with van der Waals surface area (Å²) in [5.41, 5.74) is 3.81. The number of hydrogen-bond acceptors (Lipinski definition) is 12. The van der Waals surface area contributed by atoms with Gasteiger partial charge < -0.3 is 33.4 Å². The molecule has 1 heterocycles. The van der Waals surface area contributed by atoms with E-state index in [0.29, 0.717) is 67.4 Å². The van der Waals surface area contributed by atoms with E-state index in [0.717, 1.165) is 36.4 Å². The van der Waals surface area contributed by atoms with Crippen LogP contribution in [-0.2, 0) is 33.3 Å². The van der Waals surface area contributed by atoms with E-state index in [9.17, 15) is 14.9 Å². The maximum Gasteiger partial charge on any atom is 0.306 e. The number of carbonyl (C=O) groups is 2. The molecular formula is C35H49N5O7S. The molecule has 1 aromatic heterocycles. The zero-order chi connectivity index (χ0) is 35.0. The molecular weight excluding hydrogens is 634 g/mol. The van der Waals surface area contributed by atoms with Crippen molar-refractivity contribution in [3.8, 4) is 6.07 Å². The molecule has 0 unspecified atom stereocenters. The van der Waals surface area contributed by atoms with E-state index in [-0.39, 0.29) is 31.8 Å². The number of carbonyl (C=O) groups excluding carboxylic acids is 2. The van der Waals surface area contributed by atoms with Gasteiger partial charge in [-0.1, -0.05) is 26.2 Å². The summed E-state index contributed by atoms with van der Waals surface area (Å²) < 4.78 is 27.3. The van der Waals surface area contributed by atoms with E-state index in [1.807, 2.05) is 19.1 Å². The molecule has 0 aliphatic rings. The number of anilines is 1. The number of esters is 1. The summed E-state index contributed by atoms with van der Waals surface area (Å²) >= 11 is 1.19. The minimum absolute atomic E-state index is 0.0374. The van der Waals surface area contributed by atoms with Crippen molar-refractivity contribution in [2.24, 2.45) is 10.2 Å². The van der Waals surface area contributed by atoms with Gasteiger partial charge in [0.05, 0.1) is 76.4 Å². The Labute approximate surface area is 288 Å². The van der Waals surface area contributed by atoms with Crippen molar-refractivity contribution < 1.29 is 33.3 Å². The van der Waals surface area contributed by atoms with E-state index >= 15 is 0 Å². The molecule has 0 aliphatic heterocycles. The van der Waals surface area contributed by atoms with Gasteiger partial charge in [0.2, 0.25) is 5.69 Å². The molecule has 12 nitrogen and oxygen atoms in total. The zero-order valence-electron chi connectivity index (χ0n) is 28.8. The summed E-state index contributed by atoms with van der Waals surface area (Å²) in [5, 5.41) is 18.5. The summed E-state index contributed by atoms with van der Waals surface area (Å²) in [6, 6.07) is 8.21. The smallest absolute Gasteiger partial charge is 0.306 e. The van der Waals surface area contributed by atoms with Crippen LogP contribution in [0.4, 0.5) is 22.1 Å². The number of hydrogen-bond donors (Lipinski definition) is 0. The van der Waals surface area contributed by atoms with Crippen LogP contribution in [0, 0.1) is 31.8 Å². The summed E-state index contributed by atoms with van der Waals surface area (Å²) in [4.78, 5) is 28.6. The molecule has 0 amide bonds. The van der Waals surface area contributed by atoms with Gasteiger partial charge in [-0.05, 0) is 56.5 Å². The summed E-state index contributed by atoms with van der Waals surface area (Å²) in [5.74, 6) is -0.434. The Morgan fingerprint density at radius 3 is 2.12 bits per heavy atom. The molecule has 262 valence electrons. The highest BCUT2D eigenvalue weighted by Gasteiger charge is 2.15. The number of ketones is 1.